The summed E-state index contributed by atoms with van der Waals surface area (Å²) in [6.07, 6.45) is -11.9. The Morgan fingerprint density at radius 1 is 1.03 bits per heavy atom. The molecule has 37 heavy (non-hydrogen) atoms. The summed E-state index contributed by atoms with van der Waals surface area (Å²) in [5.74, 6) is -2.90. The maximum Gasteiger partial charge on any atom is 0.435 e. The molecule has 0 unspecified atom stereocenters. The van der Waals surface area contributed by atoms with Gasteiger partial charge in [0.05, 0.1) is 21.9 Å². The molecule has 0 aromatic heterocycles. The fourth-order valence-electron chi connectivity index (χ4n) is 3.77. The van der Waals surface area contributed by atoms with E-state index < -0.39 is 73.7 Å². The van der Waals surface area contributed by atoms with Gasteiger partial charge < -0.3 is 10.6 Å². The number of nitrogens with two attached hydrogens (primary N) is 1. The molecule has 0 radical (unpaired) electrons. The molecule has 0 spiro atoms. The second-order valence-corrected chi connectivity index (χ2v) is 10.9. The van der Waals surface area contributed by atoms with Gasteiger partial charge in [-0.3, -0.25) is 9.59 Å². The molecule has 2 aromatic rings. The van der Waals surface area contributed by atoms with Crippen LogP contribution in [-0.4, -0.2) is 50.6 Å². The molecule has 0 saturated heterocycles. The van der Waals surface area contributed by atoms with Crippen molar-refractivity contribution < 1.29 is 48.7 Å². The zero-order valence-electron chi connectivity index (χ0n) is 19.3. The van der Waals surface area contributed by atoms with Crippen molar-refractivity contribution in [1.82, 2.24) is 0 Å². The predicted octanol–water partition coefficient (Wildman–Crippen LogP) is 5.12. The van der Waals surface area contributed by atoms with Gasteiger partial charge in [0.25, 0.3) is 11.8 Å². The maximum atomic E-state index is 14.6. The highest BCUT2D eigenvalue weighted by Gasteiger charge is 2.73. The number of halogens is 8. The van der Waals surface area contributed by atoms with Crippen LogP contribution in [-0.2, 0) is 15.5 Å². The quantitative estimate of drug-likeness (QED) is 0.463. The summed E-state index contributed by atoms with van der Waals surface area (Å²) in [7, 11) is -3.78. The lowest BCUT2D eigenvalue weighted by Gasteiger charge is -2.33. The molecule has 0 bridgehead atoms. The van der Waals surface area contributed by atoms with Crippen LogP contribution in [0, 0.1) is 6.92 Å². The molecule has 0 fully saturated rings. The number of benzene rings is 2. The molecule has 0 saturated carbocycles. The van der Waals surface area contributed by atoms with Crippen molar-refractivity contribution >= 4 is 38.9 Å². The molecule has 15 heteroatoms. The van der Waals surface area contributed by atoms with Gasteiger partial charge in [-0.15, -0.1) is 0 Å². The summed E-state index contributed by atoms with van der Waals surface area (Å²) in [6, 6.07) is 3.45. The van der Waals surface area contributed by atoms with Gasteiger partial charge in [0, 0.05) is 23.5 Å². The lowest BCUT2D eigenvalue weighted by molar-refractivity contribution is -0.348. The van der Waals surface area contributed by atoms with Crippen LogP contribution in [0.2, 0.25) is 5.02 Å². The van der Waals surface area contributed by atoms with E-state index in [4.69, 9.17) is 17.3 Å². The summed E-state index contributed by atoms with van der Waals surface area (Å²) in [4.78, 5) is 26.2. The first-order valence-corrected chi connectivity index (χ1v) is 12.6. The summed E-state index contributed by atoms with van der Waals surface area (Å²) < 4.78 is 118. The fourth-order valence-corrected chi connectivity index (χ4v) is 5.06. The molecule has 0 aliphatic rings. The summed E-state index contributed by atoms with van der Waals surface area (Å²) in [5, 5.41) is -0.237. The van der Waals surface area contributed by atoms with Crippen LogP contribution in [0.3, 0.4) is 0 Å². The summed E-state index contributed by atoms with van der Waals surface area (Å²) >= 11 is 5.97. The number of alkyl halides is 7. The summed E-state index contributed by atoms with van der Waals surface area (Å²) in [6.45, 7) is 2.25. The molecular weight excluding hydrogens is 557 g/mol. The van der Waals surface area contributed by atoms with Gasteiger partial charge in [-0.1, -0.05) is 29.8 Å². The highest BCUT2D eigenvalue weighted by molar-refractivity contribution is 7.90. The number of amides is 2. The van der Waals surface area contributed by atoms with E-state index in [1.165, 1.54) is 19.1 Å². The van der Waals surface area contributed by atoms with Gasteiger partial charge in [0.1, 0.15) is 9.84 Å². The third-order valence-corrected chi connectivity index (χ3v) is 6.73. The van der Waals surface area contributed by atoms with E-state index in [9.17, 15) is 48.7 Å². The van der Waals surface area contributed by atoms with Gasteiger partial charge in [0.15, 0.2) is 0 Å². The number of aryl methyl sites for hydroxylation is 1. The van der Waals surface area contributed by atoms with Crippen molar-refractivity contribution in [3.63, 3.8) is 0 Å². The molecule has 2 aromatic carbocycles. The fraction of sp³-hybridized carbons (Fsp3) is 0.364. The third-order valence-electron chi connectivity index (χ3n) is 5.33. The minimum absolute atomic E-state index is 0.198. The Hall–Kier alpha value is -2.87. The zero-order chi connectivity index (χ0) is 28.7. The number of rotatable bonds is 7. The normalized spacial score (nSPS) is 13.8. The molecule has 0 aliphatic heterocycles. The highest BCUT2D eigenvalue weighted by Crippen LogP contribution is 2.53. The van der Waals surface area contributed by atoms with Crippen LogP contribution in [0.1, 0.15) is 38.8 Å². The van der Waals surface area contributed by atoms with Crippen molar-refractivity contribution in [3.8, 4) is 0 Å². The van der Waals surface area contributed by atoms with E-state index >= 15 is 0 Å². The minimum atomic E-state index is -6.37. The number of anilines is 1. The van der Waals surface area contributed by atoms with Gasteiger partial charge >= 0.3 is 18.0 Å². The predicted molar refractivity (Wildman–Crippen MR) is 122 cm³/mol. The van der Waals surface area contributed by atoms with E-state index in [2.05, 4.69) is 0 Å². The SMILES string of the molecule is Cc1cc(C(F)(C(F)(F)F)C(F)(F)F)ccc1N(C(=O)c1cccc(Cl)c1C(N)=O)[C@H](C)CS(C)(=O)=O. The van der Waals surface area contributed by atoms with Crippen LogP contribution in [0.5, 0.6) is 0 Å². The van der Waals surface area contributed by atoms with E-state index in [0.29, 0.717) is 6.07 Å². The Kier molecular flexibility index (Phi) is 8.30. The maximum absolute atomic E-state index is 14.6. The smallest absolute Gasteiger partial charge is 0.366 e. The Morgan fingerprint density at radius 2 is 1.57 bits per heavy atom. The topological polar surface area (TPSA) is 97.5 Å². The molecule has 2 amide bonds. The number of hydrogen-bond acceptors (Lipinski definition) is 4. The number of carbonyl (C=O) groups excluding carboxylic acids is 2. The Morgan fingerprint density at radius 3 is 2.00 bits per heavy atom. The third kappa shape index (κ3) is 6.00. The van der Waals surface area contributed by atoms with E-state index in [-0.39, 0.29) is 22.8 Å². The zero-order valence-corrected chi connectivity index (χ0v) is 20.9. The second kappa shape index (κ2) is 10.1. The second-order valence-electron chi connectivity index (χ2n) is 8.30. The number of sulfone groups is 1. The Labute approximate surface area is 212 Å². The first-order valence-electron chi connectivity index (χ1n) is 10.2. The van der Waals surface area contributed by atoms with E-state index in [0.717, 1.165) is 24.1 Å². The number of hydrogen-bond donors (Lipinski definition) is 1. The van der Waals surface area contributed by atoms with Gasteiger partial charge in [-0.2, -0.15) is 26.3 Å². The first kappa shape index (κ1) is 30.4. The van der Waals surface area contributed by atoms with Gasteiger partial charge in [-0.25, -0.2) is 12.8 Å². The molecule has 2 N–H and O–H groups in total. The molecular formula is C22H20ClF7N2O4S. The molecule has 204 valence electrons. The van der Waals surface area contributed by atoms with Crippen LogP contribution >= 0.6 is 11.6 Å². The van der Waals surface area contributed by atoms with E-state index in [1.54, 1.807) is 0 Å². The van der Waals surface area contributed by atoms with Crippen molar-refractivity contribution in [1.29, 1.82) is 0 Å². The average molecular weight is 577 g/mol. The highest BCUT2D eigenvalue weighted by atomic mass is 35.5. The van der Waals surface area contributed by atoms with Crippen molar-refractivity contribution in [2.45, 2.75) is 37.9 Å². The molecule has 0 heterocycles. The molecule has 0 aliphatic carbocycles. The van der Waals surface area contributed by atoms with Crippen LogP contribution in [0.15, 0.2) is 36.4 Å². The average Bonchev–Trinajstić information content (AvgIpc) is 2.70. The van der Waals surface area contributed by atoms with E-state index in [1.807, 2.05) is 0 Å². The number of nitrogens with zero attached hydrogens (tertiary/aromatic N) is 1. The summed E-state index contributed by atoms with van der Waals surface area (Å²) in [5.41, 5.74) is -3.83. The number of primary amides is 1. The molecule has 1 atom stereocenters. The minimum Gasteiger partial charge on any atom is -0.366 e. The van der Waals surface area contributed by atoms with Crippen molar-refractivity contribution in [2.75, 3.05) is 16.9 Å². The number of carbonyl (C=O) groups is 2. The lowest BCUT2D eigenvalue weighted by Crippen LogP contribution is -2.50. The lowest BCUT2D eigenvalue weighted by atomic mass is 9.92. The van der Waals surface area contributed by atoms with Crippen LogP contribution < -0.4 is 10.6 Å². The standard InChI is InChI=1S/C22H20ClF7N2O4S/c1-11-9-13(20(24,21(25,26)27)22(28,29)30)7-8-16(11)32(12(2)10-37(3,35)36)19(34)14-5-4-6-15(23)17(14)18(31)33/h4-9,12H,10H2,1-3H3,(H2,31,33)/t12-/m1/s1. The van der Waals surface area contributed by atoms with Gasteiger partial charge in [-0.05, 0) is 37.6 Å². The van der Waals surface area contributed by atoms with Crippen LogP contribution in [0.25, 0.3) is 0 Å². The first-order chi connectivity index (χ1) is 16.6. The largest absolute Gasteiger partial charge is 0.435 e. The van der Waals surface area contributed by atoms with Gasteiger partial charge in [0.2, 0.25) is 0 Å². The van der Waals surface area contributed by atoms with Crippen molar-refractivity contribution in [2.24, 2.45) is 5.73 Å². The Balaban J connectivity index is 2.80. The Bertz CT molecular complexity index is 1310. The molecule has 6 nitrogen and oxygen atoms in total. The van der Waals surface area contributed by atoms with Crippen molar-refractivity contribution in [3.05, 3.63) is 63.7 Å². The van der Waals surface area contributed by atoms with Crippen LogP contribution in [0.4, 0.5) is 36.4 Å². The molecule has 2 rings (SSSR count). The monoisotopic (exact) mass is 576 g/mol.